The third kappa shape index (κ3) is 4.84. The van der Waals surface area contributed by atoms with Gasteiger partial charge in [0, 0.05) is 17.8 Å². The van der Waals surface area contributed by atoms with Gasteiger partial charge in [0.2, 0.25) is 5.91 Å². The third-order valence-corrected chi connectivity index (χ3v) is 3.08. The Hall–Kier alpha value is -2.49. The van der Waals surface area contributed by atoms with Gasteiger partial charge in [0.1, 0.15) is 5.75 Å². The average Bonchev–Trinajstić information content (AvgIpc) is 2.47. The topological polar surface area (TPSA) is 64.3 Å². The van der Waals surface area contributed by atoms with Gasteiger partial charge in [-0.3, -0.25) is 4.79 Å². The molecule has 110 valence electrons. The number of nitrogens with two attached hydrogens (primary N) is 1. The van der Waals surface area contributed by atoms with E-state index < -0.39 is 5.91 Å². The normalized spacial score (nSPS) is 10.1. The molecule has 2 rings (SSSR count). The van der Waals surface area contributed by atoms with Crippen LogP contribution in [0.25, 0.3) is 0 Å². The highest BCUT2D eigenvalue weighted by Crippen LogP contribution is 2.13. The van der Waals surface area contributed by atoms with Crippen LogP contribution < -0.4 is 15.8 Å². The quantitative estimate of drug-likeness (QED) is 0.768. The van der Waals surface area contributed by atoms with E-state index in [0.717, 1.165) is 24.4 Å². The van der Waals surface area contributed by atoms with Gasteiger partial charge in [0.15, 0.2) is 0 Å². The Balaban J connectivity index is 1.69. The van der Waals surface area contributed by atoms with Crippen LogP contribution in [0.3, 0.4) is 0 Å². The number of ether oxygens (including phenoxy) is 1. The zero-order valence-electron chi connectivity index (χ0n) is 12.1. The Morgan fingerprint density at radius 2 is 1.95 bits per heavy atom. The molecule has 0 atom stereocenters. The fourth-order valence-corrected chi connectivity index (χ4v) is 1.95. The van der Waals surface area contributed by atoms with Crippen LogP contribution in [0.15, 0.2) is 48.5 Å². The van der Waals surface area contributed by atoms with E-state index in [1.165, 1.54) is 5.56 Å². The molecular weight excluding hydrogens is 264 g/mol. The Morgan fingerprint density at radius 1 is 1.19 bits per heavy atom. The number of benzene rings is 2. The number of hydrogen-bond acceptors (Lipinski definition) is 3. The second-order valence-electron chi connectivity index (χ2n) is 4.89. The highest BCUT2D eigenvalue weighted by Gasteiger charge is 1.99. The van der Waals surface area contributed by atoms with Crippen LogP contribution in [-0.4, -0.2) is 19.1 Å². The number of hydrogen-bond donors (Lipinski definition) is 2. The predicted octanol–water partition coefficient (Wildman–Crippen LogP) is 2.97. The number of aryl methyl sites for hydroxylation is 1. The molecule has 0 saturated carbocycles. The van der Waals surface area contributed by atoms with Crippen LogP contribution in [0.4, 0.5) is 5.69 Å². The van der Waals surface area contributed by atoms with Gasteiger partial charge in [0.05, 0.1) is 6.61 Å². The molecule has 0 heterocycles. The Bertz CT molecular complexity index is 594. The minimum atomic E-state index is -0.409. The number of rotatable bonds is 7. The highest BCUT2D eigenvalue weighted by atomic mass is 16.5. The van der Waals surface area contributed by atoms with Crippen LogP contribution >= 0.6 is 0 Å². The van der Waals surface area contributed by atoms with Gasteiger partial charge in [-0.1, -0.05) is 12.1 Å². The van der Waals surface area contributed by atoms with Gasteiger partial charge >= 0.3 is 0 Å². The molecule has 0 aromatic heterocycles. The van der Waals surface area contributed by atoms with Crippen molar-refractivity contribution in [1.29, 1.82) is 0 Å². The number of carbonyl (C=O) groups is 1. The van der Waals surface area contributed by atoms with Crippen molar-refractivity contribution < 1.29 is 9.53 Å². The first-order chi connectivity index (χ1) is 10.1. The van der Waals surface area contributed by atoms with Crippen molar-refractivity contribution in [2.75, 3.05) is 18.5 Å². The van der Waals surface area contributed by atoms with Crippen LogP contribution in [-0.2, 0) is 0 Å². The largest absolute Gasteiger partial charge is 0.494 e. The highest BCUT2D eigenvalue weighted by molar-refractivity contribution is 5.93. The summed E-state index contributed by atoms with van der Waals surface area (Å²) in [5.41, 5.74) is 7.87. The first-order valence-corrected chi connectivity index (χ1v) is 6.98. The summed E-state index contributed by atoms with van der Waals surface area (Å²) >= 11 is 0. The van der Waals surface area contributed by atoms with E-state index in [2.05, 4.69) is 5.32 Å². The van der Waals surface area contributed by atoms with Gasteiger partial charge < -0.3 is 15.8 Å². The number of nitrogens with one attached hydrogen (secondary N) is 1. The molecule has 0 spiro atoms. The molecule has 2 aromatic carbocycles. The molecule has 0 unspecified atom stereocenters. The monoisotopic (exact) mass is 284 g/mol. The molecule has 4 heteroatoms. The summed E-state index contributed by atoms with van der Waals surface area (Å²) in [7, 11) is 0. The van der Waals surface area contributed by atoms with Crippen molar-refractivity contribution in [3.63, 3.8) is 0 Å². The third-order valence-electron chi connectivity index (χ3n) is 3.08. The molecule has 0 aliphatic rings. The number of anilines is 1. The lowest BCUT2D eigenvalue weighted by Gasteiger charge is -2.09. The lowest BCUT2D eigenvalue weighted by molar-refractivity contribution is 0.100. The summed E-state index contributed by atoms with van der Waals surface area (Å²) in [6.07, 6.45) is 0.894. The zero-order chi connectivity index (χ0) is 15.1. The summed E-state index contributed by atoms with van der Waals surface area (Å²) in [5.74, 6) is 0.494. The van der Waals surface area contributed by atoms with Crippen molar-refractivity contribution in [3.8, 4) is 5.75 Å². The number of amides is 1. The Kier molecular flexibility index (Phi) is 5.21. The second-order valence-corrected chi connectivity index (χ2v) is 4.89. The molecule has 21 heavy (non-hydrogen) atoms. The maximum Gasteiger partial charge on any atom is 0.248 e. The first-order valence-electron chi connectivity index (χ1n) is 6.98. The lowest BCUT2D eigenvalue weighted by Crippen LogP contribution is -2.11. The van der Waals surface area contributed by atoms with Gasteiger partial charge in [-0.15, -0.1) is 0 Å². The molecule has 0 bridgehead atoms. The average molecular weight is 284 g/mol. The van der Waals surface area contributed by atoms with E-state index in [1.807, 2.05) is 43.3 Å². The van der Waals surface area contributed by atoms with Crippen LogP contribution in [0.5, 0.6) is 5.75 Å². The maximum absolute atomic E-state index is 11.0. The van der Waals surface area contributed by atoms with Crippen molar-refractivity contribution in [3.05, 3.63) is 59.7 Å². The molecule has 4 nitrogen and oxygen atoms in total. The Morgan fingerprint density at radius 3 is 2.62 bits per heavy atom. The summed E-state index contributed by atoms with van der Waals surface area (Å²) in [4.78, 5) is 11.0. The molecule has 3 N–H and O–H groups in total. The van der Waals surface area contributed by atoms with Crippen LogP contribution in [0.1, 0.15) is 22.3 Å². The summed E-state index contributed by atoms with van der Waals surface area (Å²) in [6, 6.07) is 15.1. The SMILES string of the molecule is Cc1cccc(OCCCNc2ccc(C(N)=O)cc2)c1. The smallest absolute Gasteiger partial charge is 0.248 e. The van der Waals surface area contributed by atoms with E-state index in [1.54, 1.807) is 12.1 Å². The van der Waals surface area contributed by atoms with E-state index in [0.29, 0.717) is 12.2 Å². The van der Waals surface area contributed by atoms with Crippen LogP contribution in [0.2, 0.25) is 0 Å². The number of carbonyl (C=O) groups excluding carboxylic acids is 1. The van der Waals surface area contributed by atoms with E-state index in [-0.39, 0.29) is 0 Å². The van der Waals surface area contributed by atoms with Crippen molar-refractivity contribution >= 4 is 11.6 Å². The van der Waals surface area contributed by atoms with Crippen molar-refractivity contribution in [2.45, 2.75) is 13.3 Å². The molecule has 2 aromatic rings. The van der Waals surface area contributed by atoms with E-state index in [9.17, 15) is 4.79 Å². The van der Waals surface area contributed by atoms with E-state index in [4.69, 9.17) is 10.5 Å². The van der Waals surface area contributed by atoms with Gasteiger partial charge in [-0.05, 0) is 55.3 Å². The Labute approximate surface area is 124 Å². The molecular formula is C17H20N2O2. The molecule has 0 fully saturated rings. The van der Waals surface area contributed by atoms with Crippen molar-refractivity contribution in [2.24, 2.45) is 5.73 Å². The lowest BCUT2D eigenvalue weighted by atomic mass is 10.2. The number of primary amides is 1. The summed E-state index contributed by atoms with van der Waals surface area (Å²) < 4.78 is 5.67. The molecule has 0 saturated heterocycles. The first kappa shape index (κ1) is 14.9. The maximum atomic E-state index is 11.0. The molecule has 1 amide bonds. The fourth-order valence-electron chi connectivity index (χ4n) is 1.95. The minimum absolute atomic E-state index is 0.409. The standard InChI is InChI=1S/C17H20N2O2/c1-13-4-2-5-16(12-13)21-11-3-10-19-15-8-6-14(7-9-15)17(18)20/h2,4-9,12,19H,3,10-11H2,1H3,(H2,18,20). The minimum Gasteiger partial charge on any atom is -0.494 e. The predicted molar refractivity (Wildman–Crippen MR) is 84.7 cm³/mol. The molecule has 0 aliphatic heterocycles. The second kappa shape index (κ2) is 7.33. The zero-order valence-corrected chi connectivity index (χ0v) is 12.1. The summed E-state index contributed by atoms with van der Waals surface area (Å²) in [5, 5.41) is 3.28. The molecule has 0 radical (unpaired) electrons. The summed E-state index contributed by atoms with van der Waals surface area (Å²) in [6.45, 7) is 3.52. The van der Waals surface area contributed by atoms with Gasteiger partial charge in [-0.25, -0.2) is 0 Å². The fraction of sp³-hybridized carbons (Fsp3) is 0.235. The van der Waals surface area contributed by atoms with E-state index >= 15 is 0 Å². The van der Waals surface area contributed by atoms with Crippen molar-refractivity contribution in [1.82, 2.24) is 0 Å². The van der Waals surface area contributed by atoms with Gasteiger partial charge in [-0.2, -0.15) is 0 Å². The van der Waals surface area contributed by atoms with Gasteiger partial charge in [0.25, 0.3) is 0 Å². The van der Waals surface area contributed by atoms with Crippen LogP contribution in [0, 0.1) is 6.92 Å². The molecule has 0 aliphatic carbocycles.